The Morgan fingerprint density at radius 3 is 2.48 bits per heavy atom. The summed E-state index contributed by atoms with van der Waals surface area (Å²) in [6, 6.07) is 17.2. The zero-order chi connectivity index (χ0) is 20.4. The number of urea groups is 1. The predicted molar refractivity (Wildman–Crippen MR) is 109 cm³/mol. The summed E-state index contributed by atoms with van der Waals surface area (Å²) in [5.41, 5.74) is 2.39. The Hall–Kier alpha value is -3.15. The average molecular weight is 391 g/mol. The monoisotopic (exact) mass is 391 g/mol. The predicted octanol–water partition coefficient (Wildman–Crippen LogP) is 2.51. The molecule has 1 atom stereocenters. The van der Waals surface area contributed by atoms with E-state index in [-0.39, 0.29) is 18.4 Å². The number of amides is 4. The Bertz CT molecular complexity index is 943. The number of fused-ring (bicyclic) bond motifs is 1. The van der Waals surface area contributed by atoms with Crippen LogP contribution in [-0.2, 0) is 29.0 Å². The van der Waals surface area contributed by atoms with Gasteiger partial charge in [-0.3, -0.25) is 14.5 Å². The molecule has 1 aliphatic heterocycles. The summed E-state index contributed by atoms with van der Waals surface area (Å²) in [6.45, 7) is 2.63. The third-order valence-electron chi connectivity index (χ3n) is 5.92. The Labute approximate surface area is 170 Å². The second-order valence-corrected chi connectivity index (χ2v) is 7.74. The van der Waals surface area contributed by atoms with Gasteiger partial charge >= 0.3 is 6.03 Å². The molecule has 2 aromatic rings. The Morgan fingerprint density at radius 1 is 1.07 bits per heavy atom. The van der Waals surface area contributed by atoms with Gasteiger partial charge < -0.3 is 10.2 Å². The van der Waals surface area contributed by atoms with Gasteiger partial charge in [0.25, 0.3) is 5.91 Å². The molecule has 1 aliphatic carbocycles. The van der Waals surface area contributed by atoms with E-state index in [2.05, 4.69) is 11.4 Å². The fourth-order valence-electron chi connectivity index (χ4n) is 4.26. The van der Waals surface area contributed by atoms with E-state index >= 15 is 0 Å². The van der Waals surface area contributed by atoms with Crippen molar-refractivity contribution in [2.24, 2.45) is 0 Å². The molecule has 1 N–H and O–H groups in total. The summed E-state index contributed by atoms with van der Waals surface area (Å²) in [5.74, 6) is -0.519. The number of aryl methyl sites for hydroxylation is 1. The first-order valence-electron chi connectivity index (χ1n) is 10.0. The van der Waals surface area contributed by atoms with E-state index in [4.69, 9.17) is 0 Å². The molecule has 0 aromatic heterocycles. The van der Waals surface area contributed by atoms with Crippen molar-refractivity contribution in [2.45, 2.75) is 38.3 Å². The van der Waals surface area contributed by atoms with Crippen LogP contribution in [0.3, 0.4) is 0 Å². The van der Waals surface area contributed by atoms with Crippen LogP contribution in [-0.4, -0.2) is 46.3 Å². The summed E-state index contributed by atoms with van der Waals surface area (Å²) in [6.07, 6.45) is 1.76. The van der Waals surface area contributed by atoms with E-state index in [1.165, 1.54) is 5.56 Å². The first-order valence-corrected chi connectivity index (χ1v) is 10.0. The number of imide groups is 1. The van der Waals surface area contributed by atoms with E-state index in [0.717, 1.165) is 22.4 Å². The Kier molecular flexibility index (Phi) is 5.09. The van der Waals surface area contributed by atoms with Crippen LogP contribution in [0.1, 0.15) is 30.0 Å². The summed E-state index contributed by atoms with van der Waals surface area (Å²) in [4.78, 5) is 41.4. The molecule has 2 aromatic carbocycles. The van der Waals surface area contributed by atoms with Gasteiger partial charge in [0.1, 0.15) is 12.1 Å². The van der Waals surface area contributed by atoms with Gasteiger partial charge in [-0.15, -0.1) is 0 Å². The summed E-state index contributed by atoms with van der Waals surface area (Å²) < 4.78 is 0. The number of nitrogens with zero attached hydrogens (tertiary/aromatic N) is 2. The maximum Gasteiger partial charge on any atom is 0.325 e. The van der Waals surface area contributed by atoms with Crippen LogP contribution in [0.2, 0.25) is 0 Å². The molecule has 1 heterocycles. The number of likely N-dealkylation sites (N-methyl/N-ethyl adjacent to an activating group) is 1. The number of carbonyl (C=O) groups is 3. The fraction of sp³-hybridized carbons (Fsp3) is 0.348. The second kappa shape index (κ2) is 7.70. The van der Waals surface area contributed by atoms with Gasteiger partial charge in [-0.25, -0.2) is 4.79 Å². The van der Waals surface area contributed by atoms with Crippen LogP contribution in [0.25, 0.3) is 0 Å². The van der Waals surface area contributed by atoms with Gasteiger partial charge in [0, 0.05) is 19.5 Å². The molecular formula is C23H25N3O3. The molecule has 6 nitrogen and oxygen atoms in total. The summed E-state index contributed by atoms with van der Waals surface area (Å²) in [5, 5.41) is 2.89. The van der Waals surface area contributed by atoms with Crippen molar-refractivity contribution in [2.75, 3.05) is 13.1 Å². The molecular weight excluding hydrogens is 366 g/mol. The molecule has 1 fully saturated rings. The van der Waals surface area contributed by atoms with Crippen molar-refractivity contribution in [1.82, 2.24) is 15.1 Å². The van der Waals surface area contributed by atoms with Crippen LogP contribution in [0, 0.1) is 0 Å². The topological polar surface area (TPSA) is 69.7 Å². The van der Waals surface area contributed by atoms with Gasteiger partial charge in [-0.2, -0.15) is 0 Å². The highest BCUT2D eigenvalue weighted by molar-refractivity contribution is 6.09. The normalized spacial score (nSPS) is 20.5. The highest BCUT2D eigenvalue weighted by atomic mass is 16.2. The first-order chi connectivity index (χ1) is 14.0. The van der Waals surface area contributed by atoms with Gasteiger partial charge in [0.2, 0.25) is 5.91 Å². The van der Waals surface area contributed by atoms with Crippen molar-refractivity contribution < 1.29 is 14.4 Å². The molecule has 4 rings (SSSR count). The van der Waals surface area contributed by atoms with Crippen molar-refractivity contribution in [1.29, 1.82) is 0 Å². The van der Waals surface area contributed by atoms with Crippen molar-refractivity contribution >= 4 is 17.8 Å². The number of rotatable bonds is 5. The Morgan fingerprint density at radius 2 is 1.76 bits per heavy atom. The molecule has 4 amide bonds. The molecule has 150 valence electrons. The average Bonchev–Trinajstić information content (AvgIpc) is 2.96. The smallest absolute Gasteiger partial charge is 0.325 e. The quantitative estimate of drug-likeness (QED) is 0.797. The van der Waals surface area contributed by atoms with E-state index in [0.29, 0.717) is 25.9 Å². The van der Waals surface area contributed by atoms with Crippen molar-refractivity contribution in [3.63, 3.8) is 0 Å². The maximum atomic E-state index is 13.2. The SMILES string of the molecule is CCN(Cc1ccccc1)C(=O)CN1C(=O)NC2(CCc3ccccc3C2)C1=O. The maximum absolute atomic E-state index is 13.2. The molecule has 1 saturated heterocycles. The molecule has 1 spiro atoms. The fourth-order valence-corrected chi connectivity index (χ4v) is 4.26. The zero-order valence-electron chi connectivity index (χ0n) is 16.6. The van der Waals surface area contributed by atoms with Gasteiger partial charge in [-0.1, -0.05) is 54.6 Å². The number of hydrogen-bond acceptors (Lipinski definition) is 3. The lowest BCUT2D eigenvalue weighted by molar-refractivity contribution is -0.139. The summed E-state index contributed by atoms with van der Waals surface area (Å²) >= 11 is 0. The van der Waals surface area contributed by atoms with Gasteiger partial charge in [-0.05, 0) is 36.5 Å². The zero-order valence-corrected chi connectivity index (χ0v) is 16.6. The summed E-state index contributed by atoms with van der Waals surface area (Å²) in [7, 11) is 0. The van der Waals surface area contributed by atoms with Gasteiger partial charge in [0.05, 0.1) is 0 Å². The number of nitrogens with one attached hydrogen (secondary N) is 1. The van der Waals surface area contributed by atoms with E-state index in [1.807, 2.05) is 55.5 Å². The molecule has 0 saturated carbocycles. The molecule has 29 heavy (non-hydrogen) atoms. The lowest BCUT2D eigenvalue weighted by Crippen LogP contribution is -2.51. The minimum atomic E-state index is -0.928. The van der Waals surface area contributed by atoms with Crippen LogP contribution < -0.4 is 5.32 Å². The third-order valence-corrected chi connectivity index (χ3v) is 5.92. The van der Waals surface area contributed by atoms with E-state index in [9.17, 15) is 14.4 Å². The molecule has 0 bridgehead atoms. The Balaban J connectivity index is 1.47. The van der Waals surface area contributed by atoms with Gasteiger partial charge in [0.15, 0.2) is 0 Å². The first kappa shape index (κ1) is 19.2. The third kappa shape index (κ3) is 3.62. The molecule has 6 heteroatoms. The van der Waals surface area contributed by atoms with Crippen molar-refractivity contribution in [3.05, 3.63) is 71.3 Å². The van der Waals surface area contributed by atoms with Crippen LogP contribution in [0.15, 0.2) is 54.6 Å². The highest BCUT2D eigenvalue weighted by Gasteiger charge is 2.52. The lowest BCUT2D eigenvalue weighted by Gasteiger charge is -2.32. The van der Waals surface area contributed by atoms with Crippen LogP contribution in [0.4, 0.5) is 4.79 Å². The van der Waals surface area contributed by atoms with Crippen LogP contribution in [0.5, 0.6) is 0 Å². The number of hydrogen-bond donors (Lipinski definition) is 1. The molecule has 2 aliphatic rings. The second-order valence-electron chi connectivity index (χ2n) is 7.74. The molecule has 0 radical (unpaired) electrons. The van der Waals surface area contributed by atoms with E-state index in [1.54, 1.807) is 4.90 Å². The minimum Gasteiger partial charge on any atom is -0.337 e. The number of benzene rings is 2. The highest BCUT2D eigenvalue weighted by Crippen LogP contribution is 2.33. The largest absolute Gasteiger partial charge is 0.337 e. The van der Waals surface area contributed by atoms with Crippen LogP contribution >= 0.6 is 0 Å². The number of carbonyl (C=O) groups excluding carboxylic acids is 3. The lowest BCUT2D eigenvalue weighted by atomic mass is 9.78. The standard InChI is InChI=1S/C23H25N3O3/c1-2-25(15-17-8-4-3-5-9-17)20(27)16-26-21(28)23(24-22(26)29)13-12-18-10-6-7-11-19(18)14-23/h3-11H,2,12-16H2,1H3,(H,24,29). The minimum absolute atomic E-state index is 0.227. The van der Waals surface area contributed by atoms with E-state index < -0.39 is 11.6 Å². The molecule has 1 unspecified atom stereocenters. The van der Waals surface area contributed by atoms with Crippen molar-refractivity contribution in [3.8, 4) is 0 Å².